The van der Waals surface area contributed by atoms with Gasteiger partial charge < -0.3 is 15.2 Å². The molecule has 0 spiro atoms. The van der Waals surface area contributed by atoms with Crippen molar-refractivity contribution in [2.45, 2.75) is 38.6 Å². The summed E-state index contributed by atoms with van der Waals surface area (Å²) >= 11 is 6.39. The standard InChI is InChI=1S/C16H22ClNO2/c1-10-2-4-11(5-3-10)16(18)12-8-14-15(9-13(12)17)20-7-6-19-14/h8-11,16H,2-7,18H2,1H3. The Morgan fingerprint density at radius 1 is 1.10 bits per heavy atom. The molecule has 110 valence electrons. The average Bonchev–Trinajstić information content (AvgIpc) is 2.46. The number of nitrogens with two attached hydrogens (primary N) is 1. The van der Waals surface area contributed by atoms with E-state index in [1.807, 2.05) is 12.1 Å². The van der Waals surface area contributed by atoms with Crippen LogP contribution in [0.3, 0.4) is 0 Å². The van der Waals surface area contributed by atoms with Gasteiger partial charge in [0.25, 0.3) is 0 Å². The SMILES string of the molecule is CC1CCC(C(N)c2cc3c(cc2Cl)OCCO3)CC1. The van der Waals surface area contributed by atoms with Crippen molar-refractivity contribution >= 4 is 11.6 Å². The van der Waals surface area contributed by atoms with Crippen molar-refractivity contribution in [3.8, 4) is 11.5 Å². The van der Waals surface area contributed by atoms with Gasteiger partial charge >= 0.3 is 0 Å². The molecular formula is C16H22ClNO2. The minimum Gasteiger partial charge on any atom is -0.486 e. The number of rotatable bonds is 2. The number of halogens is 1. The molecule has 1 saturated carbocycles. The van der Waals surface area contributed by atoms with Crippen LogP contribution in [-0.4, -0.2) is 13.2 Å². The van der Waals surface area contributed by atoms with Crippen molar-refractivity contribution in [1.29, 1.82) is 0 Å². The van der Waals surface area contributed by atoms with Gasteiger partial charge in [-0.2, -0.15) is 0 Å². The maximum Gasteiger partial charge on any atom is 0.162 e. The number of benzene rings is 1. The second kappa shape index (κ2) is 5.82. The highest BCUT2D eigenvalue weighted by molar-refractivity contribution is 6.31. The van der Waals surface area contributed by atoms with Crippen LogP contribution in [-0.2, 0) is 0 Å². The first-order valence-electron chi connectivity index (χ1n) is 7.49. The highest BCUT2D eigenvalue weighted by Gasteiger charge is 2.27. The summed E-state index contributed by atoms with van der Waals surface area (Å²) in [5.41, 5.74) is 7.46. The van der Waals surface area contributed by atoms with Crippen LogP contribution in [0.1, 0.15) is 44.2 Å². The van der Waals surface area contributed by atoms with E-state index < -0.39 is 0 Å². The molecule has 1 aliphatic heterocycles. The van der Waals surface area contributed by atoms with Gasteiger partial charge in [0.15, 0.2) is 11.5 Å². The van der Waals surface area contributed by atoms with Gasteiger partial charge in [0.05, 0.1) is 0 Å². The number of hydrogen-bond acceptors (Lipinski definition) is 3. The van der Waals surface area contributed by atoms with Crippen LogP contribution < -0.4 is 15.2 Å². The lowest BCUT2D eigenvalue weighted by atomic mass is 9.77. The van der Waals surface area contributed by atoms with Gasteiger partial charge in [0, 0.05) is 17.1 Å². The third kappa shape index (κ3) is 2.75. The summed E-state index contributed by atoms with van der Waals surface area (Å²) in [6, 6.07) is 3.81. The average molecular weight is 296 g/mol. The van der Waals surface area contributed by atoms with Crippen LogP contribution >= 0.6 is 11.6 Å². The van der Waals surface area contributed by atoms with E-state index in [4.69, 9.17) is 26.8 Å². The second-order valence-electron chi connectivity index (χ2n) is 6.06. The van der Waals surface area contributed by atoms with Gasteiger partial charge in [-0.05, 0) is 36.3 Å². The minimum absolute atomic E-state index is 0.00849. The molecule has 1 aromatic rings. The van der Waals surface area contributed by atoms with E-state index in [0.29, 0.717) is 24.2 Å². The van der Waals surface area contributed by atoms with E-state index in [-0.39, 0.29) is 6.04 Å². The van der Waals surface area contributed by atoms with Gasteiger partial charge in [0.1, 0.15) is 13.2 Å². The molecule has 4 heteroatoms. The van der Waals surface area contributed by atoms with E-state index >= 15 is 0 Å². The van der Waals surface area contributed by atoms with Crippen molar-refractivity contribution in [3.05, 3.63) is 22.7 Å². The van der Waals surface area contributed by atoms with Crippen LogP contribution in [0.15, 0.2) is 12.1 Å². The number of ether oxygens (including phenoxy) is 2. The van der Waals surface area contributed by atoms with E-state index in [9.17, 15) is 0 Å². The molecule has 3 nitrogen and oxygen atoms in total. The van der Waals surface area contributed by atoms with Gasteiger partial charge in [0.2, 0.25) is 0 Å². The zero-order valence-electron chi connectivity index (χ0n) is 11.9. The number of hydrogen-bond donors (Lipinski definition) is 1. The van der Waals surface area contributed by atoms with Gasteiger partial charge in [-0.1, -0.05) is 31.4 Å². The fourth-order valence-electron chi connectivity index (χ4n) is 3.23. The summed E-state index contributed by atoms with van der Waals surface area (Å²) in [5.74, 6) is 2.85. The third-order valence-corrected chi connectivity index (χ3v) is 4.92. The normalized spacial score (nSPS) is 27.1. The third-order valence-electron chi connectivity index (χ3n) is 4.59. The molecule has 2 aliphatic rings. The van der Waals surface area contributed by atoms with E-state index in [2.05, 4.69) is 6.92 Å². The first kappa shape index (κ1) is 14.0. The Bertz CT molecular complexity index is 484. The van der Waals surface area contributed by atoms with Crippen molar-refractivity contribution in [3.63, 3.8) is 0 Å². The molecule has 1 unspecified atom stereocenters. The Labute approximate surface area is 125 Å². The predicted octanol–water partition coefficient (Wildman–Crippen LogP) is 3.94. The fourth-order valence-corrected chi connectivity index (χ4v) is 3.51. The molecular weight excluding hydrogens is 274 g/mol. The molecule has 1 aliphatic carbocycles. The summed E-state index contributed by atoms with van der Waals surface area (Å²) in [4.78, 5) is 0. The van der Waals surface area contributed by atoms with Crippen LogP contribution in [0.4, 0.5) is 0 Å². The van der Waals surface area contributed by atoms with Crippen LogP contribution in [0.5, 0.6) is 11.5 Å². The topological polar surface area (TPSA) is 44.5 Å². The number of fused-ring (bicyclic) bond motifs is 1. The van der Waals surface area contributed by atoms with Gasteiger partial charge in [-0.3, -0.25) is 0 Å². The Morgan fingerprint density at radius 3 is 2.35 bits per heavy atom. The molecule has 0 amide bonds. The van der Waals surface area contributed by atoms with Crippen molar-refractivity contribution in [2.24, 2.45) is 17.6 Å². The lowest BCUT2D eigenvalue weighted by Gasteiger charge is -2.31. The highest BCUT2D eigenvalue weighted by atomic mass is 35.5. The summed E-state index contributed by atoms with van der Waals surface area (Å²) < 4.78 is 11.2. The quantitative estimate of drug-likeness (QED) is 0.899. The van der Waals surface area contributed by atoms with Crippen LogP contribution in [0, 0.1) is 11.8 Å². The lowest BCUT2D eigenvalue weighted by molar-refractivity contribution is 0.171. The first-order valence-corrected chi connectivity index (χ1v) is 7.87. The molecule has 2 N–H and O–H groups in total. The molecule has 0 bridgehead atoms. The van der Waals surface area contributed by atoms with Crippen molar-refractivity contribution < 1.29 is 9.47 Å². The highest BCUT2D eigenvalue weighted by Crippen LogP contribution is 2.42. The Balaban J connectivity index is 1.82. The molecule has 1 atom stereocenters. The monoisotopic (exact) mass is 295 g/mol. The van der Waals surface area contributed by atoms with E-state index in [1.54, 1.807) is 0 Å². The lowest BCUT2D eigenvalue weighted by Crippen LogP contribution is -2.26. The maximum absolute atomic E-state index is 6.47. The maximum atomic E-state index is 6.47. The molecule has 1 heterocycles. The zero-order valence-corrected chi connectivity index (χ0v) is 12.7. The molecule has 20 heavy (non-hydrogen) atoms. The molecule has 1 fully saturated rings. The van der Waals surface area contributed by atoms with Crippen molar-refractivity contribution in [1.82, 2.24) is 0 Å². The summed E-state index contributed by atoms with van der Waals surface area (Å²) in [5, 5.41) is 0.695. The van der Waals surface area contributed by atoms with Gasteiger partial charge in [-0.15, -0.1) is 0 Å². The molecule has 3 rings (SSSR count). The summed E-state index contributed by atoms with van der Waals surface area (Å²) in [6.07, 6.45) is 4.90. The van der Waals surface area contributed by atoms with E-state index in [0.717, 1.165) is 23.0 Å². The molecule has 0 radical (unpaired) electrons. The minimum atomic E-state index is -0.00849. The Morgan fingerprint density at radius 2 is 1.70 bits per heavy atom. The van der Waals surface area contributed by atoms with Crippen LogP contribution in [0.25, 0.3) is 0 Å². The van der Waals surface area contributed by atoms with Gasteiger partial charge in [-0.25, -0.2) is 0 Å². The Hall–Kier alpha value is -0.930. The summed E-state index contributed by atoms with van der Waals surface area (Å²) in [7, 11) is 0. The Kier molecular flexibility index (Phi) is 4.08. The summed E-state index contributed by atoms with van der Waals surface area (Å²) in [6.45, 7) is 3.48. The van der Waals surface area contributed by atoms with Crippen LogP contribution in [0.2, 0.25) is 5.02 Å². The van der Waals surface area contributed by atoms with E-state index in [1.165, 1.54) is 25.7 Å². The fraction of sp³-hybridized carbons (Fsp3) is 0.625. The smallest absolute Gasteiger partial charge is 0.162 e. The largest absolute Gasteiger partial charge is 0.486 e. The molecule has 1 aromatic carbocycles. The predicted molar refractivity (Wildman–Crippen MR) is 80.5 cm³/mol. The van der Waals surface area contributed by atoms with Crippen molar-refractivity contribution in [2.75, 3.05) is 13.2 Å². The molecule has 0 saturated heterocycles. The second-order valence-corrected chi connectivity index (χ2v) is 6.47. The molecule has 0 aromatic heterocycles. The first-order chi connectivity index (χ1) is 9.65. The zero-order chi connectivity index (χ0) is 14.1.